The molecule has 2 atom stereocenters. The lowest BCUT2D eigenvalue weighted by molar-refractivity contribution is 0.0179. The van der Waals surface area contributed by atoms with Gasteiger partial charge in [0, 0.05) is 32.8 Å². The summed E-state index contributed by atoms with van der Waals surface area (Å²) in [4.78, 5) is 7.39. The lowest BCUT2D eigenvalue weighted by Crippen LogP contribution is -2.43. The number of aliphatic imine (C=N–C) groups is 1. The van der Waals surface area contributed by atoms with Gasteiger partial charge in [-0.15, -0.1) is 24.0 Å². The maximum atomic E-state index is 5.72. The number of halogens is 1. The molecule has 0 spiro atoms. The summed E-state index contributed by atoms with van der Waals surface area (Å²) in [6.07, 6.45) is 2.60. The molecule has 6 nitrogen and oxygen atoms in total. The maximum absolute atomic E-state index is 5.72. The summed E-state index contributed by atoms with van der Waals surface area (Å²) in [5.41, 5.74) is 2.61. The number of morpholine rings is 1. The maximum Gasteiger partial charge on any atom is 0.191 e. The quantitative estimate of drug-likeness (QED) is 0.341. The van der Waals surface area contributed by atoms with E-state index in [0.717, 1.165) is 71.3 Å². The van der Waals surface area contributed by atoms with E-state index in [1.807, 2.05) is 0 Å². The van der Waals surface area contributed by atoms with Crippen LogP contribution in [0.25, 0.3) is 0 Å². The van der Waals surface area contributed by atoms with Crippen LogP contribution in [0.2, 0.25) is 0 Å². The summed E-state index contributed by atoms with van der Waals surface area (Å²) in [7, 11) is 0. The van der Waals surface area contributed by atoms with E-state index in [2.05, 4.69) is 53.6 Å². The van der Waals surface area contributed by atoms with Crippen LogP contribution in [0.5, 0.6) is 0 Å². The predicted molar refractivity (Wildman–Crippen MR) is 125 cm³/mol. The molecule has 2 heterocycles. The number of hydrogen-bond acceptors (Lipinski definition) is 4. The van der Waals surface area contributed by atoms with Gasteiger partial charge in [0.05, 0.1) is 31.9 Å². The molecule has 2 aliphatic rings. The predicted octanol–water partition coefficient (Wildman–Crippen LogP) is 2.72. The Labute approximate surface area is 186 Å². The molecule has 2 N–H and O–H groups in total. The summed E-state index contributed by atoms with van der Waals surface area (Å²) in [5.74, 6) is 0.873. The Morgan fingerprint density at radius 1 is 1.18 bits per heavy atom. The second-order valence-corrected chi connectivity index (χ2v) is 7.31. The van der Waals surface area contributed by atoms with Crippen molar-refractivity contribution in [2.45, 2.75) is 38.8 Å². The van der Waals surface area contributed by atoms with E-state index >= 15 is 0 Å². The van der Waals surface area contributed by atoms with Gasteiger partial charge in [-0.1, -0.05) is 29.8 Å². The van der Waals surface area contributed by atoms with Crippen LogP contribution in [0.15, 0.2) is 29.3 Å². The molecule has 0 bridgehead atoms. The van der Waals surface area contributed by atoms with E-state index in [-0.39, 0.29) is 30.0 Å². The van der Waals surface area contributed by atoms with E-state index in [9.17, 15) is 0 Å². The zero-order chi connectivity index (χ0) is 18.9. The Morgan fingerprint density at radius 2 is 1.93 bits per heavy atom. The molecule has 2 unspecified atom stereocenters. The van der Waals surface area contributed by atoms with Gasteiger partial charge in [-0.2, -0.15) is 0 Å². The van der Waals surface area contributed by atoms with Gasteiger partial charge in [0.15, 0.2) is 5.96 Å². The summed E-state index contributed by atoms with van der Waals surface area (Å²) in [6.45, 7) is 11.0. The second kappa shape index (κ2) is 12.6. The highest BCUT2D eigenvalue weighted by molar-refractivity contribution is 14.0. The van der Waals surface area contributed by atoms with Crippen molar-refractivity contribution in [3.8, 4) is 0 Å². The SMILES string of the molecule is CCNC(=NCC(c1ccc(C)cc1)N1CCOCC1)NCC1CCCO1.I. The third kappa shape index (κ3) is 7.17. The average molecular weight is 502 g/mol. The van der Waals surface area contributed by atoms with E-state index in [4.69, 9.17) is 14.5 Å². The number of nitrogens with zero attached hydrogens (tertiary/aromatic N) is 2. The largest absolute Gasteiger partial charge is 0.379 e. The molecule has 0 saturated carbocycles. The minimum Gasteiger partial charge on any atom is -0.379 e. The third-order valence-electron chi connectivity index (χ3n) is 5.24. The van der Waals surface area contributed by atoms with Crippen LogP contribution in [0, 0.1) is 6.92 Å². The normalized spacial score (nSPS) is 21.8. The molecule has 158 valence electrons. The summed E-state index contributed by atoms with van der Waals surface area (Å²) < 4.78 is 11.3. The molecule has 0 aromatic heterocycles. The number of hydrogen-bond donors (Lipinski definition) is 2. The fourth-order valence-electron chi connectivity index (χ4n) is 3.64. The number of nitrogens with one attached hydrogen (secondary N) is 2. The van der Waals surface area contributed by atoms with Gasteiger partial charge in [-0.05, 0) is 32.3 Å². The third-order valence-corrected chi connectivity index (χ3v) is 5.24. The molecule has 0 aliphatic carbocycles. The Kier molecular flexibility index (Phi) is 10.5. The van der Waals surface area contributed by atoms with E-state index in [0.29, 0.717) is 6.10 Å². The molecule has 0 radical (unpaired) electrons. The molecule has 3 rings (SSSR count). The lowest BCUT2D eigenvalue weighted by atomic mass is 10.0. The van der Waals surface area contributed by atoms with Crippen LogP contribution in [0.1, 0.15) is 36.9 Å². The molecule has 1 aromatic rings. The van der Waals surface area contributed by atoms with Crippen LogP contribution in [0.3, 0.4) is 0 Å². The molecule has 2 saturated heterocycles. The average Bonchev–Trinajstić information content (AvgIpc) is 3.22. The molecule has 2 aliphatic heterocycles. The Balaban J connectivity index is 0.00000280. The number of guanidine groups is 1. The van der Waals surface area contributed by atoms with Crippen molar-refractivity contribution in [3.63, 3.8) is 0 Å². The first-order valence-electron chi connectivity index (χ1n) is 10.3. The highest BCUT2D eigenvalue weighted by Gasteiger charge is 2.23. The minimum absolute atomic E-state index is 0. The van der Waals surface area contributed by atoms with Crippen LogP contribution < -0.4 is 10.6 Å². The molecule has 0 amide bonds. The zero-order valence-corrected chi connectivity index (χ0v) is 19.5. The monoisotopic (exact) mass is 502 g/mol. The smallest absolute Gasteiger partial charge is 0.191 e. The van der Waals surface area contributed by atoms with Crippen molar-refractivity contribution in [1.82, 2.24) is 15.5 Å². The van der Waals surface area contributed by atoms with Gasteiger partial charge in [-0.3, -0.25) is 9.89 Å². The van der Waals surface area contributed by atoms with Crippen molar-refractivity contribution in [3.05, 3.63) is 35.4 Å². The summed E-state index contributed by atoms with van der Waals surface area (Å²) >= 11 is 0. The molecule has 28 heavy (non-hydrogen) atoms. The molecule has 2 fully saturated rings. The number of rotatable bonds is 7. The van der Waals surface area contributed by atoms with Crippen molar-refractivity contribution in [2.24, 2.45) is 4.99 Å². The first-order chi connectivity index (χ1) is 13.3. The van der Waals surface area contributed by atoms with Gasteiger partial charge < -0.3 is 20.1 Å². The van der Waals surface area contributed by atoms with Crippen LogP contribution in [-0.4, -0.2) is 69.5 Å². The fourth-order valence-corrected chi connectivity index (χ4v) is 3.64. The van der Waals surface area contributed by atoms with Crippen molar-refractivity contribution < 1.29 is 9.47 Å². The fraction of sp³-hybridized carbons (Fsp3) is 0.667. The van der Waals surface area contributed by atoms with Crippen LogP contribution in [-0.2, 0) is 9.47 Å². The zero-order valence-electron chi connectivity index (χ0n) is 17.2. The lowest BCUT2D eigenvalue weighted by Gasteiger charge is -2.34. The van der Waals surface area contributed by atoms with Gasteiger partial charge in [0.25, 0.3) is 0 Å². The van der Waals surface area contributed by atoms with Crippen molar-refractivity contribution in [2.75, 3.05) is 52.5 Å². The number of benzene rings is 1. The van der Waals surface area contributed by atoms with E-state index in [1.54, 1.807) is 0 Å². The summed E-state index contributed by atoms with van der Waals surface area (Å²) in [6, 6.07) is 9.11. The Morgan fingerprint density at radius 3 is 2.57 bits per heavy atom. The highest BCUT2D eigenvalue weighted by atomic mass is 127. The molecular weight excluding hydrogens is 467 g/mol. The van der Waals surface area contributed by atoms with Crippen LogP contribution in [0.4, 0.5) is 0 Å². The Hall–Kier alpha value is -0.900. The van der Waals surface area contributed by atoms with E-state index < -0.39 is 0 Å². The summed E-state index contributed by atoms with van der Waals surface area (Å²) in [5, 5.41) is 6.82. The number of ether oxygens (including phenoxy) is 2. The standard InChI is InChI=1S/C21H34N4O2.HI/c1-3-22-21(23-15-19-5-4-12-27-19)24-16-20(25-10-13-26-14-11-25)18-8-6-17(2)7-9-18;/h6-9,19-20H,3-5,10-16H2,1-2H3,(H2,22,23,24);1H. The first-order valence-corrected chi connectivity index (χ1v) is 10.3. The van der Waals surface area contributed by atoms with Gasteiger partial charge in [-0.25, -0.2) is 0 Å². The van der Waals surface area contributed by atoms with Gasteiger partial charge in [0.2, 0.25) is 0 Å². The highest BCUT2D eigenvalue weighted by Crippen LogP contribution is 2.23. The second-order valence-electron chi connectivity index (χ2n) is 7.31. The van der Waals surface area contributed by atoms with E-state index in [1.165, 1.54) is 11.1 Å². The topological polar surface area (TPSA) is 58.1 Å². The number of aryl methyl sites for hydroxylation is 1. The van der Waals surface area contributed by atoms with Gasteiger partial charge >= 0.3 is 0 Å². The van der Waals surface area contributed by atoms with Crippen LogP contribution >= 0.6 is 24.0 Å². The molecular formula is C21H35IN4O2. The van der Waals surface area contributed by atoms with Crippen molar-refractivity contribution >= 4 is 29.9 Å². The van der Waals surface area contributed by atoms with Gasteiger partial charge in [0.1, 0.15) is 0 Å². The first kappa shape index (κ1) is 23.4. The minimum atomic E-state index is 0. The molecule has 7 heteroatoms. The Bertz CT molecular complexity index is 585. The van der Waals surface area contributed by atoms with Crippen molar-refractivity contribution in [1.29, 1.82) is 0 Å². The molecule has 1 aromatic carbocycles.